The van der Waals surface area contributed by atoms with E-state index in [0.29, 0.717) is 6.42 Å². The normalized spacial score (nSPS) is 12.9. The molecule has 0 aliphatic carbocycles. The summed E-state index contributed by atoms with van der Waals surface area (Å²) in [5.41, 5.74) is 0. The Hall–Kier alpha value is -0.870. The molecule has 0 saturated carbocycles. The molecule has 0 aliphatic rings. The Morgan fingerprint density at radius 1 is 1.33 bits per heavy atom. The third kappa shape index (κ3) is 6.21. The van der Waals surface area contributed by atoms with Crippen molar-refractivity contribution >= 4 is 56.4 Å². The summed E-state index contributed by atoms with van der Waals surface area (Å²) in [4.78, 5) is 23.4. The van der Waals surface area contributed by atoms with Gasteiger partial charge in [0.05, 0.1) is 18.0 Å². The molecule has 11 heteroatoms. The van der Waals surface area contributed by atoms with Gasteiger partial charge in [-0.05, 0) is 18.4 Å². The number of methoxy groups -OCH3 is 1. The molecule has 1 amide bonds. The molecule has 0 spiro atoms. The zero-order valence-electron chi connectivity index (χ0n) is 13.3. The highest BCUT2D eigenvalue weighted by molar-refractivity contribution is 7.89. The molecule has 0 radical (unpaired) electrons. The van der Waals surface area contributed by atoms with Gasteiger partial charge in [-0.25, -0.2) is 17.9 Å². The molecule has 1 aromatic rings. The van der Waals surface area contributed by atoms with Crippen LogP contribution in [0.1, 0.15) is 20.3 Å². The van der Waals surface area contributed by atoms with Gasteiger partial charge in [0.2, 0.25) is 15.9 Å². The molecule has 0 aliphatic heterocycles. The summed E-state index contributed by atoms with van der Waals surface area (Å²) < 4.78 is 31.2. The number of halogens is 2. The number of hydrogen-bond donors (Lipinski definition) is 2. The quantitative estimate of drug-likeness (QED) is 0.631. The fraction of sp³-hybridized carbons (Fsp3) is 0.538. The largest absolute Gasteiger partial charge is 0.467 e. The van der Waals surface area contributed by atoms with Crippen molar-refractivity contribution in [2.45, 2.75) is 31.2 Å². The van der Waals surface area contributed by atoms with Crippen molar-refractivity contribution in [3.05, 3.63) is 14.7 Å². The topological polar surface area (TPSA) is 102 Å². The van der Waals surface area contributed by atoms with Crippen LogP contribution in [-0.4, -0.2) is 40.0 Å². The highest BCUT2D eigenvalue weighted by Gasteiger charge is 2.25. The standard InChI is InChI=1S/C13H18Cl2N2O5S2/c1-7(2)4-8(13(19)22-3)17-11(18)6-16-24(20,21)9-5-10(14)23-12(9)15/h5,7-8,16H,4,6H2,1-3H3,(H,17,18). The van der Waals surface area contributed by atoms with Crippen molar-refractivity contribution in [3.8, 4) is 0 Å². The summed E-state index contributed by atoms with van der Waals surface area (Å²) in [5, 5.41) is 2.45. The van der Waals surface area contributed by atoms with E-state index in [2.05, 4.69) is 14.8 Å². The minimum absolute atomic E-state index is 0.000142. The highest BCUT2D eigenvalue weighted by atomic mass is 35.5. The Morgan fingerprint density at radius 2 is 1.96 bits per heavy atom. The third-order valence-electron chi connectivity index (χ3n) is 2.87. The summed E-state index contributed by atoms with van der Waals surface area (Å²) >= 11 is 12.4. The first-order valence-corrected chi connectivity index (χ1v) is 9.94. The van der Waals surface area contributed by atoms with Gasteiger partial charge in [-0.15, -0.1) is 11.3 Å². The molecule has 1 atom stereocenters. The van der Waals surface area contributed by atoms with E-state index in [1.54, 1.807) is 0 Å². The molecule has 7 nitrogen and oxygen atoms in total. The number of carbonyl (C=O) groups is 2. The molecule has 24 heavy (non-hydrogen) atoms. The molecule has 0 bridgehead atoms. The van der Waals surface area contributed by atoms with Crippen LogP contribution in [0.4, 0.5) is 0 Å². The lowest BCUT2D eigenvalue weighted by Crippen LogP contribution is -2.46. The van der Waals surface area contributed by atoms with Crippen molar-refractivity contribution in [1.29, 1.82) is 0 Å². The molecule has 1 heterocycles. The Bertz CT molecular complexity index is 703. The predicted octanol–water partition coefficient (Wildman–Crippen LogP) is 2.04. The SMILES string of the molecule is COC(=O)C(CC(C)C)NC(=O)CNS(=O)(=O)c1cc(Cl)sc1Cl. The van der Waals surface area contributed by atoms with E-state index in [0.717, 1.165) is 11.3 Å². The molecule has 0 fully saturated rings. The highest BCUT2D eigenvalue weighted by Crippen LogP contribution is 2.33. The first kappa shape index (κ1) is 21.2. The molecular weight excluding hydrogens is 399 g/mol. The van der Waals surface area contributed by atoms with Gasteiger partial charge in [0.15, 0.2) is 0 Å². The van der Waals surface area contributed by atoms with Crippen LogP contribution in [0.3, 0.4) is 0 Å². The lowest BCUT2D eigenvalue weighted by molar-refractivity contribution is -0.145. The molecule has 0 aromatic carbocycles. The number of sulfonamides is 1. The van der Waals surface area contributed by atoms with Gasteiger partial charge in [0.25, 0.3) is 0 Å². The van der Waals surface area contributed by atoms with Gasteiger partial charge in [-0.1, -0.05) is 37.0 Å². The number of rotatable bonds is 8. The van der Waals surface area contributed by atoms with Crippen LogP contribution in [0.15, 0.2) is 11.0 Å². The molecule has 1 rings (SSSR count). The zero-order chi connectivity index (χ0) is 18.5. The summed E-state index contributed by atoms with van der Waals surface area (Å²) in [5.74, 6) is -1.11. The fourth-order valence-corrected chi connectivity index (χ4v) is 4.95. The van der Waals surface area contributed by atoms with Crippen LogP contribution in [0.25, 0.3) is 0 Å². The van der Waals surface area contributed by atoms with E-state index < -0.39 is 34.5 Å². The van der Waals surface area contributed by atoms with Crippen LogP contribution in [0, 0.1) is 5.92 Å². The van der Waals surface area contributed by atoms with Crippen molar-refractivity contribution in [1.82, 2.24) is 10.0 Å². The second-order valence-electron chi connectivity index (χ2n) is 5.29. The Balaban J connectivity index is 2.70. The number of amides is 1. The van der Waals surface area contributed by atoms with Crippen LogP contribution >= 0.6 is 34.5 Å². The van der Waals surface area contributed by atoms with E-state index in [1.807, 2.05) is 13.8 Å². The summed E-state index contributed by atoms with van der Waals surface area (Å²) in [6, 6.07) is 0.358. The molecule has 0 saturated heterocycles. The Kier molecular flexibility index (Phi) is 7.94. The minimum Gasteiger partial charge on any atom is -0.467 e. The predicted molar refractivity (Wildman–Crippen MR) is 92.9 cm³/mol. The van der Waals surface area contributed by atoms with Crippen LogP contribution in [0.5, 0.6) is 0 Å². The second-order valence-corrected chi connectivity index (χ2v) is 9.31. The van der Waals surface area contributed by atoms with Crippen molar-refractivity contribution < 1.29 is 22.7 Å². The first-order valence-electron chi connectivity index (χ1n) is 6.88. The van der Waals surface area contributed by atoms with Crippen molar-refractivity contribution in [2.24, 2.45) is 5.92 Å². The molecule has 1 unspecified atom stereocenters. The monoisotopic (exact) mass is 416 g/mol. The lowest BCUT2D eigenvalue weighted by Gasteiger charge is -2.18. The summed E-state index contributed by atoms with van der Waals surface area (Å²) in [7, 11) is -2.77. The number of thiophene rings is 1. The third-order valence-corrected chi connectivity index (χ3v) is 6.02. The summed E-state index contributed by atoms with van der Waals surface area (Å²) in [6.07, 6.45) is 0.372. The number of hydrogen-bond acceptors (Lipinski definition) is 6. The van der Waals surface area contributed by atoms with E-state index >= 15 is 0 Å². The molecule has 1 aromatic heterocycles. The zero-order valence-corrected chi connectivity index (χ0v) is 16.4. The van der Waals surface area contributed by atoms with Gasteiger partial charge in [0.1, 0.15) is 15.3 Å². The van der Waals surface area contributed by atoms with Gasteiger partial charge in [-0.3, -0.25) is 4.79 Å². The van der Waals surface area contributed by atoms with Crippen molar-refractivity contribution in [3.63, 3.8) is 0 Å². The minimum atomic E-state index is -3.98. The second kappa shape index (κ2) is 9.00. The summed E-state index contributed by atoms with van der Waals surface area (Å²) in [6.45, 7) is 3.22. The maximum absolute atomic E-state index is 12.1. The lowest BCUT2D eigenvalue weighted by atomic mass is 10.0. The van der Waals surface area contributed by atoms with Gasteiger partial charge in [0, 0.05) is 0 Å². The van der Waals surface area contributed by atoms with Crippen LogP contribution in [-0.2, 0) is 24.3 Å². The molecule has 2 N–H and O–H groups in total. The van der Waals surface area contributed by atoms with E-state index in [4.69, 9.17) is 23.2 Å². The number of nitrogens with one attached hydrogen (secondary N) is 2. The van der Waals surface area contributed by atoms with Crippen LogP contribution < -0.4 is 10.0 Å². The Labute approximate surface area is 154 Å². The van der Waals surface area contributed by atoms with E-state index in [-0.39, 0.29) is 19.5 Å². The smallest absolute Gasteiger partial charge is 0.328 e. The Morgan fingerprint density at radius 3 is 2.42 bits per heavy atom. The van der Waals surface area contributed by atoms with Gasteiger partial charge >= 0.3 is 5.97 Å². The van der Waals surface area contributed by atoms with Gasteiger partial charge in [-0.2, -0.15) is 0 Å². The van der Waals surface area contributed by atoms with E-state index in [1.165, 1.54) is 13.2 Å². The van der Waals surface area contributed by atoms with Crippen LogP contribution in [0.2, 0.25) is 8.67 Å². The van der Waals surface area contributed by atoms with Gasteiger partial charge < -0.3 is 10.1 Å². The van der Waals surface area contributed by atoms with E-state index in [9.17, 15) is 18.0 Å². The average molecular weight is 417 g/mol. The number of ether oxygens (including phenoxy) is 1. The fourth-order valence-electron chi connectivity index (χ4n) is 1.82. The van der Waals surface area contributed by atoms with Crippen molar-refractivity contribution in [2.75, 3.05) is 13.7 Å². The average Bonchev–Trinajstić information content (AvgIpc) is 2.83. The maximum atomic E-state index is 12.1. The molecular formula is C13H18Cl2N2O5S2. The number of carbonyl (C=O) groups excluding carboxylic acids is 2. The number of esters is 1. The molecule has 136 valence electrons. The maximum Gasteiger partial charge on any atom is 0.328 e. The first-order chi connectivity index (χ1) is 11.1.